The van der Waals surface area contributed by atoms with E-state index < -0.39 is 0 Å². The van der Waals surface area contributed by atoms with Crippen LogP contribution >= 0.6 is 0 Å². The molecule has 7 nitrogen and oxygen atoms in total. The van der Waals surface area contributed by atoms with Crippen LogP contribution in [0.5, 0.6) is 5.75 Å². The van der Waals surface area contributed by atoms with Crippen molar-refractivity contribution in [2.45, 2.75) is 25.9 Å². The van der Waals surface area contributed by atoms with Gasteiger partial charge in [0.1, 0.15) is 17.8 Å². The summed E-state index contributed by atoms with van der Waals surface area (Å²) in [5.41, 5.74) is 7.55. The molecule has 1 aliphatic heterocycles. The predicted octanol–water partition coefficient (Wildman–Crippen LogP) is 2.79. The lowest BCUT2D eigenvalue weighted by atomic mass is 10.2. The number of nitrogens with two attached hydrogens (primary N) is 1. The maximum absolute atomic E-state index is 6.18. The topological polar surface area (TPSA) is 94.3 Å². The van der Waals surface area contributed by atoms with E-state index in [0.717, 1.165) is 30.9 Å². The van der Waals surface area contributed by atoms with Gasteiger partial charge < -0.3 is 25.8 Å². The van der Waals surface area contributed by atoms with E-state index in [0.29, 0.717) is 30.5 Å². The molecule has 0 saturated carbocycles. The highest BCUT2D eigenvalue weighted by molar-refractivity contribution is 5.77. The standard InChI is InChI=1S/C17H23N5O2/c1-2-23-13-7-5-12(6-8-13)22-17-15(18)16(20-11-21-17)19-10-14-4-3-9-24-14/h5-8,11,14H,2-4,9-10,18H2,1H3,(H2,19,20,21,22). The first kappa shape index (κ1) is 16.3. The molecule has 0 amide bonds. The van der Waals surface area contributed by atoms with Crippen molar-refractivity contribution in [2.75, 3.05) is 36.1 Å². The van der Waals surface area contributed by atoms with Crippen LogP contribution in [-0.2, 0) is 4.74 Å². The quantitative estimate of drug-likeness (QED) is 0.719. The van der Waals surface area contributed by atoms with Crippen molar-refractivity contribution in [1.82, 2.24) is 9.97 Å². The molecule has 0 radical (unpaired) electrons. The van der Waals surface area contributed by atoms with Crippen LogP contribution in [0.1, 0.15) is 19.8 Å². The highest BCUT2D eigenvalue weighted by atomic mass is 16.5. The highest BCUT2D eigenvalue weighted by Gasteiger charge is 2.16. The third kappa shape index (κ3) is 4.05. The number of nitrogens with one attached hydrogen (secondary N) is 2. The van der Waals surface area contributed by atoms with Gasteiger partial charge in [0, 0.05) is 18.8 Å². The van der Waals surface area contributed by atoms with Gasteiger partial charge in [-0.2, -0.15) is 0 Å². The summed E-state index contributed by atoms with van der Waals surface area (Å²) in [6.07, 6.45) is 3.89. The molecule has 1 aliphatic rings. The van der Waals surface area contributed by atoms with Crippen molar-refractivity contribution in [1.29, 1.82) is 0 Å². The summed E-state index contributed by atoms with van der Waals surface area (Å²) in [6, 6.07) is 7.65. The van der Waals surface area contributed by atoms with Crippen molar-refractivity contribution in [2.24, 2.45) is 0 Å². The van der Waals surface area contributed by atoms with Gasteiger partial charge in [0.2, 0.25) is 0 Å². The maximum atomic E-state index is 6.18. The number of ether oxygens (including phenoxy) is 2. The molecule has 0 bridgehead atoms. The third-order valence-corrected chi connectivity index (χ3v) is 3.83. The number of hydrogen-bond donors (Lipinski definition) is 3. The number of rotatable bonds is 7. The molecule has 4 N–H and O–H groups in total. The largest absolute Gasteiger partial charge is 0.494 e. The van der Waals surface area contributed by atoms with Gasteiger partial charge in [0.25, 0.3) is 0 Å². The molecule has 2 heterocycles. The minimum atomic E-state index is 0.224. The number of benzene rings is 1. The fourth-order valence-corrected chi connectivity index (χ4v) is 2.59. The molecule has 1 saturated heterocycles. The highest BCUT2D eigenvalue weighted by Crippen LogP contribution is 2.27. The van der Waals surface area contributed by atoms with Gasteiger partial charge in [-0.3, -0.25) is 0 Å². The Morgan fingerprint density at radius 2 is 2.04 bits per heavy atom. The minimum Gasteiger partial charge on any atom is -0.494 e. The normalized spacial score (nSPS) is 16.8. The van der Waals surface area contributed by atoms with Crippen LogP contribution in [0.25, 0.3) is 0 Å². The van der Waals surface area contributed by atoms with Crippen LogP contribution in [0.15, 0.2) is 30.6 Å². The van der Waals surface area contributed by atoms with Gasteiger partial charge in [-0.05, 0) is 44.0 Å². The van der Waals surface area contributed by atoms with Crippen molar-refractivity contribution in [3.8, 4) is 5.75 Å². The summed E-state index contributed by atoms with van der Waals surface area (Å²) in [6.45, 7) is 4.13. The van der Waals surface area contributed by atoms with Crippen LogP contribution in [-0.4, -0.2) is 35.8 Å². The Balaban J connectivity index is 1.65. The van der Waals surface area contributed by atoms with Crippen molar-refractivity contribution >= 4 is 23.0 Å². The van der Waals surface area contributed by atoms with Crippen molar-refractivity contribution < 1.29 is 9.47 Å². The molecule has 1 unspecified atom stereocenters. The Morgan fingerprint density at radius 1 is 1.25 bits per heavy atom. The van der Waals surface area contributed by atoms with E-state index in [-0.39, 0.29) is 6.10 Å². The lowest BCUT2D eigenvalue weighted by Crippen LogP contribution is -2.20. The summed E-state index contributed by atoms with van der Waals surface area (Å²) in [4.78, 5) is 8.44. The van der Waals surface area contributed by atoms with Crippen molar-refractivity contribution in [3.05, 3.63) is 30.6 Å². The van der Waals surface area contributed by atoms with E-state index in [1.807, 2.05) is 31.2 Å². The average Bonchev–Trinajstić information content (AvgIpc) is 3.11. The second-order valence-corrected chi connectivity index (χ2v) is 5.58. The second kappa shape index (κ2) is 7.83. The number of anilines is 4. The molecule has 7 heteroatoms. The predicted molar refractivity (Wildman–Crippen MR) is 94.8 cm³/mol. The first-order valence-electron chi connectivity index (χ1n) is 8.22. The molecule has 1 atom stereocenters. The van der Waals surface area contributed by atoms with E-state index in [2.05, 4.69) is 20.6 Å². The molecule has 1 fully saturated rings. The van der Waals surface area contributed by atoms with Gasteiger partial charge in [0.05, 0.1) is 12.7 Å². The van der Waals surface area contributed by atoms with E-state index in [4.69, 9.17) is 15.2 Å². The summed E-state index contributed by atoms with van der Waals surface area (Å²) in [7, 11) is 0. The lowest BCUT2D eigenvalue weighted by Gasteiger charge is -2.15. The third-order valence-electron chi connectivity index (χ3n) is 3.83. The molecular weight excluding hydrogens is 306 g/mol. The summed E-state index contributed by atoms with van der Waals surface area (Å²) < 4.78 is 11.0. The van der Waals surface area contributed by atoms with E-state index >= 15 is 0 Å². The van der Waals surface area contributed by atoms with Gasteiger partial charge in [0.15, 0.2) is 11.6 Å². The molecular formula is C17H23N5O2. The fourth-order valence-electron chi connectivity index (χ4n) is 2.59. The number of hydrogen-bond acceptors (Lipinski definition) is 7. The van der Waals surface area contributed by atoms with E-state index in [9.17, 15) is 0 Å². The first-order chi connectivity index (χ1) is 11.8. The first-order valence-corrected chi connectivity index (χ1v) is 8.22. The Labute approximate surface area is 141 Å². The van der Waals surface area contributed by atoms with Gasteiger partial charge in [-0.15, -0.1) is 0 Å². The smallest absolute Gasteiger partial charge is 0.159 e. The molecule has 2 aromatic rings. The molecule has 3 rings (SSSR count). The SMILES string of the molecule is CCOc1ccc(Nc2ncnc(NCC3CCCO3)c2N)cc1. The summed E-state index contributed by atoms with van der Waals surface area (Å²) in [5, 5.41) is 6.45. The van der Waals surface area contributed by atoms with E-state index in [1.54, 1.807) is 0 Å². The zero-order chi connectivity index (χ0) is 16.8. The molecule has 24 heavy (non-hydrogen) atoms. The zero-order valence-electron chi connectivity index (χ0n) is 13.8. The van der Waals surface area contributed by atoms with Crippen LogP contribution < -0.4 is 21.1 Å². The van der Waals surface area contributed by atoms with Gasteiger partial charge in [-0.1, -0.05) is 0 Å². The summed E-state index contributed by atoms with van der Waals surface area (Å²) >= 11 is 0. The number of nitrogen functional groups attached to an aromatic ring is 1. The summed E-state index contributed by atoms with van der Waals surface area (Å²) in [5.74, 6) is 2.02. The van der Waals surface area contributed by atoms with Crippen LogP contribution in [0.3, 0.4) is 0 Å². The Hall–Kier alpha value is -2.54. The Kier molecular flexibility index (Phi) is 5.32. The van der Waals surface area contributed by atoms with Crippen LogP contribution in [0.4, 0.5) is 23.0 Å². The van der Waals surface area contributed by atoms with Crippen molar-refractivity contribution in [3.63, 3.8) is 0 Å². The molecule has 128 valence electrons. The monoisotopic (exact) mass is 329 g/mol. The van der Waals surface area contributed by atoms with Gasteiger partial charge in [-0.25, -0.2) is 9.97 Å². The minimum absolute atomic E-state index is 0.224. The Morgan fingerprint density at radius 3 is 2.75 bits per heavy atom. The maximum Gasteiger partial charge on any atom is 0.159 e. The lowest BCUT2D eigenvalue weighted by molar-refractivity contribution is 0.120. The van der Waals surface area contributed by atoms with Gasteiger partial charge >= 0.3 is 0 Å². The van der Waals surface area contributed by atoms with Crippen LogP contribution in [0, 0.1) is 0 Å². The number of nitrogens with zero attached hydrogens (tertiary/aromatic N) is 2. The molecule has 0 aliphatic carbocycles. The Bertz CT molecular complexity index is 657. The fraction of sp³-hybridized carbons (Fsp3) is 0.412. The number of aromatic nitrogens is 2. The second-order valence-electron chi connectivity index (χ2n) is 5.58. The molecule has 1 aromatic carbocycles. The molecule has 1 aromatic heterocycles. The zero-order valence-corrected chi connectivity index (χ0v) is 13.8. The van der Waals surface area contributed by atoms with Crippen LogP contribution in [0.2, 0.25) is 0 Å². The van der Waals surface area contributed by atoms with E-state index in [1.165, 1.54) is 6.33 Å². The average molecular weight is 329 g/mol. The molecule has 0 spiro atoms.